The van der Waals surface area contributed by atoms with E-state index in [0.717, 1.165) is 29.5 Å². The highest BCUT2D eigenvalue weighted by Crippen LogP contribution is 2.44. The van der Waals surface area contributed by atoms with Gasteiger partial charge in [0.25, 0.3) is 0 Å². The number of benzene rings is 1. The van der Waals surface area contributed by atoms with Crippen LogP contribution in [-0.2, 0) is 16.6 Å². The van der Waals surface area contributed by atoms with Gasteiger partial charge in [0.2, 0.25) is 10.0 Å². The molecule has 0 saturated heterocycles. The number of hydrogen-bond acceptors (Lipinski definition) is 3. The molecule has 0 aromatic heterocycles. The smallest absolute Gasteiger partial charge is 0.240 e. The summed E-state index contributed by atoms with van der Waals surface area (Å²) in [6.45, 7) is 7.18. The molecule has 20 heavy (non-hydrogen) atoms. The lowest BCUT2D eigenvalue weighted by molar-refractivity contribution is 0.530. The molecule has 1 fully saturated rings. The van der Waals surface area contributed by atoms with Gasteiger partial charge in [0.15, 0.2) is 0 Å². The van der Waals surface area contributed by atoms with Crippen molar-refractivity contribution in [2.75, 3.05) is 13.6 Å². The third-order valence-electron chi connectivity index (χ3n) is 4.08. The van der Waals surface area contributed by atoms with Crippen LogP contribution in [0.5, 0.6) is 0 Å². The van der Waals surface area contributed by atoms with Crippen LogP contribution in [0.3, 0.4) is 0 Å². The van der Waals surface area contributed by atoms with Crippen LogP contribution >= 0.6 is 0 Å². The number of rotatable bonds is 6. The van der Waals surface area contributed by atoms with Crippen molar-refractivity contribution in [3.8, 4) is 0 Å². The maximum Gasteiger partial charge on any atom is 0.240 e. The largest absolute Gasteiger partial charge is 0.316 e. The van der Waals surface area contributed by atoms with E-state index in [9.17, 15) is 8.42 Å². The molecule has 1 aliphatic carbocycles. The summed E-state index contributed by atoms with van der Waals surface area (Å²) in [6, 6.07) is 3.73. The summed E-state index contributed by atoms with van der Waals surface area (Å²) >= 11 is 0. The Kier molecular flexibility index (Phi) is 4.23. The molecule has 0 amide bonds. The van der Waals surface area contributed by atoms with Gasteiger partial charge in [-0.25, -0.2) is 13.1 Å². The van der Waals surface area contributed by atoms with Crippen LogP contribution in [0.2, 0.25) is 0 Å². The van der Waals surface area contributed by atoms with Gasteiger partial charge in [-0.2, -0.15) is 0 Å². The minimum atomic E-state index is -3.42. The van der Waals surface area contributed by atoms with Crippen LogP contribution < -0.4 is 10.0 Å². The number of aryl methyl sites for hydroxylation is 2. The van der Waals surface area contributed by atoms with Gasteiger partial charge in [0, 0.05) is 13.1 Å². The molecule has 0 atom stereocenters. The molecule has 5 heteroatoms. The third-order valence-corrected chi connectivity index (χ3v) is 5.63. The second-order valence-corrected chi connectivity index (χ2v) is 7.95. The average molecular weight is 296 g/mol. The molecule has 1 aromatic rings. The van der Waals surface area contributed by atoms with Crippen LogP contribution in [0.25, 0.3) is 0 Å². The summed E-state index contributed by atoms with van der Waals surface area (Å²) in [7, 11) is -1.56. The van der Waals surface area contributed by atoms with E-state index in [2.05, 4.69) is 17.0 Å². The highest BCUT2D eigenvalue weighted by atomic mass is 32.2. The van der Waals surface area contributed by atoms with E-state index < -0.39 is 10.0 Å². The Morgan fingerprint density at radius 1 is 1.20 bits per heavy atom. The molecule has 0 bridgehead atoms. The van der Waals surface area contributed by atoms with E-state index in [1.54, 1.807) is 6.07 Å². The minimum absolute atomic E-state index is 0.166. The van der Waals surface area contributed by atoms with E-state index >= 15 is 0 Å². The fraction of sp³-hybridized carbons (Fsp3) is 0.600. The van der Waals surface area contributed by atoms with Gasteiger partial charge in [0.1, 0.15) is 0 Å². The topological polar surface area (TPSA) is 58.2 Å². The van der Waals surface area contributed by atoms with E-state index in [1.807, 2.05) is 27.0 Å². The van der Waals surface area contributed by atoms with Gasteiger partial charge in [-0.15, -0.1) is 0 Å². The van der Waals surface area contributed by atoms with Crippen LogP contribution in [0.1, 0.15) is 36.5 Å². The molecule has 1 aliphatic rings. The zero-order valence-corrected chi connectivity index (χ0v) is 13.5. The summed E-state index contributed by atoms with van der Waals surface area (Å²) in [6.07, 6.45) is 2.21. The summed E-state index contributed by atoms with van der Waals surface area (Å²) in [5, 5.41) is 3.07. The zero-order chi connectivity index (χ0) is 15.0. The molecule has 0 heterocycles. The fourth-order valence-corrected chi connectivity index (χ4v) is 3.76. The summed E-state index contributed by atoms with van der Waals surface area (Å²) in [5.74, 6) is 0. The van der Waals surface area contributed by atoms with Crippen LogP contribution in [-0.4, -0.2) is 22.0 Å². The average Bonchev–Trinajstić information content (AvgIpc) is 3.09. The second-order valence-electron chi connectivity index (χ2n) is 6.21. The summed E-state index contributed by atoms with van der Waals surface area (Å²) in [5.41, 5.74) is 3.11. The number of nitrogens with one attached hydrogen (secondary N) is 2. The molecule has 1 aromatic carbocycles. The molecular formula is C15H24N2O2S. The molecular weight excluding hydrogens is 272 g/mol. The van der Waals surface area contributed by atoms with Gasteiger partial charge in [0.05, 0.1) is 4.90 Å². The van der Waals surface area contributed by atoms with Crippen molar-refractivity contribution in [3.05, 3.63) is 28.8 Å². The molecule has 0 aliphatic heterocycles. The quantitative estimate of drug-likeness (QED) is 0.845. The molecule has 0 spiro atoms. The van der Waals surface area contributed by atoms with Gasteiger partial charge in [-0.05, 0) is 61.9 Å². The lowest BCUT2D eigenvalue weighted by Crippen LogP contribution is -2.30. The Bertz CT molecular complexity index is 605. The fourth-order valence-electron chi connectivity index (χ4n) is 2.28. The minimum Gasteiger partial charge on any atom is -0.316 e. The van der Waals surface area contributed by atoms with E-state index in [4.69, 9.17) is 0 Å². The molecule has 2 rings (SSSR count). The monoisotopic (exact) mass is 296 g/mol. The Balaban J connectivity index is 2.27. The van der Waals surface area contributed by atoms with Crippen molar-refractivity contribution in [2.24, 2.45) is 5.41 Å². The van der Waals surface area contributed by atoms with Crippen LogP contribution in [0, 0.1) is 19.3 Å². The zero-order valence-electron chi connectivity index (χ0n) is 12.7. The molecule has 1 saturated carbocycles. The standard InChI is InChI=1S/C15H24N2O2S/c1-11-7-12(2)14(8-13(11)9-16-4)20(18,19)17-10-15(3)5-6-15/h7-8,16-17H,5-6,9-10H2,1-4H3. The first kappa shape index (κ1) is 15.5. The first-order valence-electron chi connectivity index (χ1n) is 7.02. The first-order valence-corrected chi connectivity index (χ1v) is 8.50. The Morgan fingerprint density at radius 2 is 1.85 bits per heavy atom. The van der Waals surface area contributed by atoms with E-state index in [-0.39, 0.29) is 5.41 Å². The first-order chi connectivity index (χ1) is 9.27. The Hall–Kier alpha value is -0.910. The van der Waals surface area contributed by atoms with Gasteiger partial charge >= 0.3 is 0 Å². The normalized spacial score (nSPS) is 17.2. The van der Waals surface area contributed by atoms with Gasteiger partial charge < -0.3 is 5.32 Å². The van der Waals surface area contributed by atoms with Crippen LogP contribution in [0.15, 0.2) is 17.0 Å². The molecule has 0 radical (unpaired) electrons. The molecule has 112 valence electrons. The SMILES string of the molecule is CNCc1cc(S(=O)(=O)NCC2(C)CC2)c(C)cc1C. The van der Waals surface area contributed by atoms with Crippen molar-refractivity contribution >= 4 is 10.0 Å². The lowest BCUT2D eigenvalue weighted by Gasteiger charge is -2.15. The lowest BCUT2D eigenvalue weighted by atomic mass is 10.1. The van der Waals surface area contributed by atoms with Crippen LogP contribution in [0.4, 0.5) is 0 Å². The van der Waals surface area contributed by atoms with E-state index in [0.29, 0.717) is 18.0 Å². The maximum absolute atomic E-state index is 12.5. The number of hydrogen-bond donors (Lipinski definition) is 2. The Morgan fingerprint density at radius 3 is 2.40 bits per heavy atom. The number of sulfonamides is 1. The predicted octanol–water partition coefficient (Wildman–Crippen LogP) is 2.10. The maximum atomic E-state index is 12.5. The highest BCUT2D eigenvalue weighted by Gasteiger charge is 2.38. The third kappa shape index (κ3) is 3.40. The van der Waals surface area contributed by atoms with Gasteiger partial charge in [-0.3, -0.25) is 0 Å². The summed E-state index contributed by atoms with van der Waals surface area (Å²) < 4.78 is 27.7. The second kappa shape index (κ2) is 5.47. The highest BCUT2D eigenvalue weighted by molar-refractivity contribution is 7.89. The van der Waals surface area contributed by atoms with Crippen molar-refractivity contribution in [1.82, 2.24) is 10.0 Å². The Labute approximate surface area is 122 Å². The van der Waals surface area contributed by atoms with Crippen molar-refractivity contribution in [2.45, 2.75) is 45.1 Å². The van der Waals surface area contributed by atoms with Gasteiger partial charge in [-0.1, -0.05) is 13.0 Å². The van der Waals surface area contributed by atoms with Crippen molar-refractivity contribution in [1.29, 1.82) is 0 Å². The molecule has 4 nitrogen and oxygen atoms in total. The van der Waals surface area contributed by atoms with Crippen molar-refractivity contribution < 1.29 is 8.42 Å². The van der Waals surface area contributed by atoms with E-state index in [1.165, 1.54) is 0 Å². The van der Waals surface area contributed by atoms with Crippen molar-refractivity contribution in [3.63, 3.8) is 0 Å². The molecule has 0 unspecified atom stereocenters. The summed E-state index contributed by atoms with van der Waals surface area (Å²) in [4.78, 5) is 0.401. The molecule has 2 N–H and O–H groups in total. The predicted molar refractivity (Wildman–Crippen MR) is 81.2 cm³/mol.